The summed E-state index contributed by atoms with van der Waals surface area (Å²) in [6, 6.07) is 5.09. The fourth-order valence-electron chi connectivity index (χ4n) is 2.96. The summed E-state index contributed by atoms with van der Waals surface area (Å²) >= 11 is 5.79. The molecule has 0 radical (unpaired) electrons. The summed E-state index contributed by atoms with van der Waals surface area (Å²) in [6.07, 6.45) is 8.17. The summed E-state index contributed by atoms with van der Waals surface area (Å²) in [5.74, 6) is 0.346. The van der Waals surface area contributed by atoms with Crippen LogP contribution < -0.4 is 5.32 Å². The number of hydrogen-bond acceptors (Lipinski definition) is 2. The van der Waals surface area contributed by atoms with Gasteiger partial charge in [-0.05, 0) is 38.0 Å². The van der Waals surface area contributed by atoms with Crippen LogP contribution >= 0.6 is 11.6 Å². The molecule has 0 aliphatic heterocycles. The van der Waals surface area contributed by atoms with Gasteiger partial charge in [-0.3, -0.25) is 0 Å². The van der Waals surface area contributed by atoms with Crippen molar-refractivity contribution in [3.8, 4) is 0 Å². The molecule has 5 heteroatoms. The highest BCUT2D eigenvalue weighted by molar-refractivity contribution is 6.30. The molecule has 1 heterocycles. The van der Waals surface area contributed by atoms with E-state index in [1.165, 1.54) is 25.3 Å². The highest BCUT2D eigenvalue weighted by Gasteiger charge is 2.19. The average molecular weight is 308 g/mol. The van der Waals surface area contributed by atoms with Gasteiger partial charge in [0.25, 0.3) is 0 Å². The zero-order chi connectivity index (χ0) is 14.8. The standard InChI is InChI=1S/C16H19ClFN3/c1-11-10-21(13-5-3-2-4-6-13)16(19-11)20-15-8-7-12(17)9-14(15)18/h7-10,13H,2-6H2,1H3,(H,19,20). The molecule has 0 spiro atoms. The Kier molecular flexibility index (Phi) is 4.15. The third kappa shape index (κ3) is 3.21. The van der Waals surface area contributed by atoms with E-state index in [0.29, 0.717) is 22.7 Å². The van der Waals surface area contributed by atoms with Gasteiger partial charge in [0.2, 0.25) is 5.95 Å². The minimum absolute atomic E-state index is 0.363. The molecule has 0 bridgehead atoms. The van der Waals surface area contributed by atoms with Gasteiger partial charge in [-0.2, -0.15) is 0 Å². The first kappa shape index (κ1) is 14.4. The van der Waals surface area contributed by atoms with Gasteiger partial charge < -0.3 is 9.88 Å². The predicted octanol–water partition coefficient (Wildman–Crippen LogP) is 5.23. The van der Waals surface area contributed by atoms with Crippen LogP contribution in [0.15, 0.2) is 24.4 Å². The van der Waals surface area contributed by atoms with Gasteiger partial charge in [-0.25, -0.2) is 9.37 Å². The number of aromatic nitrogens is 2. The molecule has 2 aromatic rings. The van der Waals surface area contributed by atoms with E-state index >= 15 is 0 Å². The first-order chi connectivity index (χ1) is 10.1. The summed E-state index contributed by atoms with van der Waals surface area (Å²) < 4.78 is 16.1. The minimum Gasteiger partial charge on any atom is -0.323 e. The van der Waals surface area contributed by atoms with Gasteiger partial charge in [0.1, 0.15) is 5.82 Å². The SMILES string of the molecule is Cc1cn(C2CCCCC2)c(Nc2ccc(Cl)cc2F)n1. The van der Waals surface area contributed by atoms with E-state index in [4.69, 9.17) is 11.6 Å². The van der Waals surface area contributed by atoms with Crippen molar-refractivity contribution in [2.45, 2.75) is 45.1 Å². The van der Waals surface area contributed by atoms with Crippen LogP contribution in [0.2, 0.25) is 5.02 Å². The number of nitrogens with zero attached hydrogens (tertiary/aromatic N) is 2. The molecule has 1 aliphatic rings. The molecular formula is C16H19ClFN3. The summed E-state index contributed by atoms with van der Waals surface area (Å²) in [7, 11) is 0. The van der Waals surface area contributed by atoms with Crippen molar-refractivity contribution in [1.82, 2.24) is 9.55 Å². The van der Waals surface area contributed by atoms with Gasteiger partial charge in [0.05, 0.1) is 11.4 Å². The second-order valence-corrected chi connectivity index (χ2v) is 6.09. The molecule has 1 saturated carbocycles. The van der Waals surface area contributed by atoms with Crippen molar-refractivity contribution in [3.63, 3.8) is 0 Å². The van der Waals surface area contributed by atoms with Crippen LogP contribution in [0.5, 0.6) is 0 Å². The Morgan fingerprint density at radius 1 is 1.29 bits per heavy atom. The highest BCUT2D eigenvalue weighted by Crippen LogP contribution is 2.32. The van der Waals surface area contributed by atoms with Gasteiger partial charge in [-0.15, -0.1) is 0 Å². The summed E-state index contributed by atoms with van der Waals surface area (Å²) in [4.78, 5) is 4.50. The Morgan fingerprint density at radius 3 is 2.76 bits per heavy atom. The molecule has 3 nitrogen and oxygen atoms in total. The van der Waals surface area contributed by atoms with Crippen molar-refractivity contribution in [3.05, 3.63) is 40.9 Å². The molecular weight excluding hydrogens is 289 g/mol. The molecule has 0 amide bonds. The van der Waals surface area contributed by atoms with Crippen LogP contribution in [-0.4, -0.2) is 9.55 Å². The fourth-order valence-corrected chi connectivity index (χ4v) is 3.12. The van der Waals surface area contributed by atoms with E-state index in [2.05, 4.69) is 14.9 Å². The minimum atomic E-state index is -0.363. The van der Waals surface area contributed by atoms with Crippen molar-refractivity contribution >= 4 is 23.2 Å². The number of rotatable bonds is 3. The third-order valence-corrected chi connectivity index (χ3v) is 4.23. The summed E-state index contributed by atoms with van der Waals surface area (Å²) in [5, 5.41) is 3.50. The number of nitrogens with one attached hydrogen (secondary N) is 1. The molecule has 1 aliphatic carbocycles. The van der Waals surface area contributed by atoms with Crippen molar-refractivity contribution in [2.24, 2.45) is 0 Å². The van der Waals surface area contributed by atoms with Gasteiger partial charge in [-0.1, -0.05) is 30.9 Å². The molecule has 112 valence electrons. The van der Waals surface area contributed by atoms with Crippen LogP contribution in [0.3, 0.4) is 0 Å². The van der Waals surface area contributed by atoms with Crippen LogP contribution in [0.25, 0.3) is 0 Å². The number of halogens is 2. The fraction of sp³-hybridized carbons (Fsp3) is 0.438. The first-order valence-electron chi connectivity index (χ1n) is 7.41. The van der Waals surface area contributed by atoms with Crippen LogP contribution in [0.4, 0.5) is 16.0 Å². The molecule has 1 N–H and O–H groups in total. The second kappa shape index (κ2) is 6.06. The van der Waals surface area contributed by atoms with Gasteiger partial charge >= 0.3 is 0 Å². The molecule has 1 fully saturated rings. The largest absolute Gasteiger partial charge is 0.323 e. The molecule has 1 aromatic carbocycles. The lowest BCUT2D eigenvalue weighted by atomic mass is 9.95. The normalized spacial score (nSPS) is 16.1. The lowest BCUT2D eigenvalue weighted by molar-refractivity contribution is 0.356. The Hall–Kier alpha value is -1.55. The lowest BCUT2D eigenvalue weighted by Gasteiger charge is -2.24. The molecule has 0 atom stereocenters. The van der Waals surface area contributed by atoms with E-state index in [9.17, 15) is 4.39 Å². The maximum atomic E-state index is 13.9. The predicted molar refractivity (Wildman–Crippen MR) is 83.8 cm³/mol. The molecule has 3 rings (SSSR count). The number of anilines is 2. The third-order valence-electron chi connectivity index (χ3n) is 4.00. The Balaban J connectivity index is 1.87. The zero-order valence-electron chi connectivity index (χ0n) is 12.1. The molecule has 1 aromatic heterocycles. The van der Waals surface area contributed by atoms with E-state index < -0.39 is 0 Å². The van der Waals surface area contributed by atoms with E-state index in [0.717, 1.165) is 18.5 Å². The zero-order valence-corrected chi connectivity index (χ0v) is 12.8. The molecule has 0 saturated heterocycles. The number of benzene rings is 1. The highest BCUT2D eigenvalue weighted by atomic mass is 35.5. The quantitative estimate of drug-likeness (QED) is 0.841. The summed E-state index contributed by atoms with van der Waals surface area (Å²) in [6.45, 7) is 1.96. The number of hydrogen-bond donors (Lipinski definition) is 1. The maximum Gasteiger partial charge on any atom is 0.207 e. The Labute approximate surface area is 129 Å². The topological polar surface area (TPSA) is 29.9 Å². The molecule has 0 unspecified atom stereocenters. The van der Waals surface area contributed by atoms with E-state index in [-0.39, 0.29) is 5.82 Å². The average Bonchev–Trinajstić information content (AvgIpc) is 2.84. The molecule has 21 heavy (non-hydrogen) atoms. The maximum absolute atomic E-state index is 13.9. The van der Waals surface area contributed by atoms with Crippen LogP contribution in [0, 0.1) is 12.7 Å². The van der Waals surface area contributed by atoms with Crippen LogP contribution in [0.1, 0.15) is 43.8 Å². The lowest BCUT2D eigenvalue weighted by Crippen LogP contribution is -2.14. The summed E-state index contributed by atoms with van der Waals surface area (Å²) in [5.41, 5.74) is 1.35. The first-order valence-corrected chi connectivity index (χ1v) is 7.79. The van der Waals surface area contributed by atoms with E-state index in [1.807, 2.05) is 13.1 Å². The van der Waals surface area contributed by atoms with Crippen molar-refractivity contribution < 1.29 is 4.39 Å². The monoisotopic (exact) mass is 307 g/mol. The second-order valence-electron chi connectivity index (χ2n) is 5.65. The van der Waals surface area contributed by atoms with Crippen molar-refractivity contribution in [1.29, 1.82) is 0 Å². The van der Waals surface area contributed by atoms with Gasteiger partial charge in [0.15, 0.2) is 0 Å². The number of imidazole rings is 1. The van der Waals surface area contributed by atoms with Gasteiger partial charge in [0, 0.05) is 17.3 Å². The van der Waals surface area contributed by atoms with E-state index in [1.54, 1.807) is 12.1 Å². The Morgan fingerprint density at radius 2 is 2.05 bits per heavy atom. The smallest absolute Gasteiger partial charge is 0.207 e. The number of aryl methyl sites for hydroxylation is 1. The Bertz CT molecular complexity index is 632. The van der Waals surface area contributed by atoms with Crippen molar-refractivity contribution in [2.75, 3.05) is 5.32 Å². The van der Waals surface area contributed by atoms with Crippen LogP contribution in [-0.2, 0) is 0 Å².